The Hall–Kier alpha value is -2.77. The van der Waals surface area contributed by atoms with Gasteiger partial charge in [0.15, 0.2) is 5.69 Å². The largest absolute Gasteiger partial charge is 0.378 e. The zero-order chi connectivity index (χ0) is 21.4. The van der Waals surface area contributed by atoms with Crippen LogP contribution in [0.3, 0.4) is 0 Å². The van der Waals surface area contributed by atoms with Gasteiger partial charge in [-0.2, -0.15) is 0 Å². The van der Waals surface area contributed by atoms with Gasteiger partial charge in [0.05, 0.1) is 18.9 Å². The summed E-state index contributed by atoms with van der Waals surface area (Å²) < 4.78 is 20.8. The predicted molar refractivity (Wildman–Crippen MR) is 116 cm³/mol. The lowest BCUT2D eigenvalue weighted by atomic mass is 9.99. The third-order valence-electron chi connectivity index (χ3n) is 6.43. The van der Waals surface area contributed by atoms with Crippen molar-refractivity contribution in [2.45, 2.75) is 25.8 Å². The second-order valence-corrected chi connectivity index (χ2v) is 8.47. The van der Waals surface area contributed by atoms with Gasteiger partial charge in [0.1, 0.15) is 11.5 Å². The predicted octanol–water partition coefficient (Wildman–Crippen LogP) is 3.24. The Bertz CT molecular complexity index is 1090. The van der Waals surface area contributed by atoms with E-state index in [1.54, 1.807) is 0 Å². The second-order valence-electron chi connectivity index (χ2n) is 8.47. The lowest BCUT2D eigenvalue weighted by Crippen LogP contribution is -2.41. The molecule has 7 heteroatoms. The number of amides is 1. The van der Waals surface area contributed by atoms with E-state index in [9.17, 15) is 9.18 Å². The van der Waals surface area contributed by atoms with Gasteiger partial charge < -0.3 is 14.0 Å². The number of aromatic nitrogens is 2. The van der Waals surface area contributed by atoms with Crippen molar-refractivity contribution in [2.24, 2.45) is 0 Å². The molecule has 3 aromatic rings. The van der Waals surface area contributed by atoms with E-state index in [2.05, 4.69) is 9.30 Å². The number of hydrogen-bond donors (Lipinski definition) is 0. The molecule has 1 aromatic carbocycles. The second kappa shape index (κ2) is 8.40. The fourth-order valence-electron chi connectivity index (χ4n) is 4.69. The van der Waals surface area contributed by atoms with Crippen LogP contribution in [-0.2, 0) is 11.3 Å². The van der Waals surface area contributed by atoms with Crippen LogP contribution in [0.5, 0.6) is 0 Å². The molecule has 31 heavy (non-hydrogen) atoms. The number of likely N-dealkylation sites (tertiary alicyclic amines) is 1. The monoisotopic (exact) mass is 422 g/mol. The number of halogens is 1. The normalized spacial score (nSPS) is 19.9. The van der Waals surface area contributed by atoms with E-state index in [0.717, 1.165) is 36.4 Å². The standard InChI is InChI=1S/C24H27FN4O2/c1-17-3-2-9-29-21(22(26-23(17)29)24(30)28-11-13-31-14-12-28)16-27-10-8-19(15-27)18-4-6-20(25)7-5-18/h2-7,9,19H,8,10-16H2,1H3/t19-/m0/s1. The first-order chi connectivity index (χ1) is 15.1. The Balaban J connectivity index is 1.42. The molecule has 0 spiro atoms. The number of carbonyl (C=O) groups excluding carboxylic acids is 1. The van der Waals surface area contributed by atoms with Crippen LogP contribution < -0.4 is 0 Å². The van der Waals surface area contributed by atoms with Crippen molar-refractivity contribution < 1.29 is 13.9 Å². The van der Waals surface area contributed by atoms with E-state index in [4.69, 9.17) is 9.72 Å². The van der Waals surface area contributed by atoms with Crippen LogP contribution >= 0.6 is 0 Å². The summed E-state index contributed by atoms with van der Waals surface area (Å²) >= 11 is 0. The number of aryl methyl sites for hydroxylation is 1. The van der Waals surface area contributed by atoms with Gasteiger partial charge in [-0.15, -0.1) is 0 Å². The Kier molecular flexibility index (Phi) is 5.46. The number of benzene rings is 1. The van der Waals surface area contributed by atoms with E-state index in [1.165, 1.54) is 17.7 Å². The molecular weight excluding hydrogens is 395 g/mol. The number of ether oxygens (including phenoxy) is 1. The molecule has 2 saturated heterocycles. The molecular formula is C24H27FN4O2. The van der Waals surface area contributed by atoms with Gasteiger partial charge in [0.25, 0.3) is 5.91 Å². The summed E-state index contributed by atoms with van der Waals surface area (Å²) in [6.07, 6.45) is 3.02. The molecule has 6 nitrogen and oxygen atoms in total. The maximum absolute atomic E-state index is 13.3. The zero-order valence-electron chi connectivity index (χ0n) is 17.8. The number of pyridine rings is 1. The topological polar surface area (TPSA) is 50.1 Å². The Morgan fingerprint density at radius 3 is 2.71 bits per heavy atom. The number of hydrogen-bond acceptors (Lipinski definition) is 4. The van der Waals surface area contributed by atoms with Gasteiger partial charge in [-0.1, -0.05) is 18.2 Å². The van der Waals surface area contributed by atoms with Gasteiger partial charge >= 0.3 is 0 Å². The minimum atomic E-state index is -0.203. The zero-order valence-corrected chi connectivity index (χ0v) is 17.8. The Labute approximate surface area is 181 Å². The van der Waals surface area contributed by atoms with Crippen LogP contribution in [-0.4, -0.2) is 64.5 Å². The minimum absolute atomic E-state index is 0.0179. The van der Waals surface area contributed by atoms with Crippen molar-refractivity contribution in [1.82, 2.24) is 19.2 Å². The van der Waals surface area contributed by atoms with Crippen molar-refractivity contribution in [2.75, 3.05) is 39.4 Å². The molecule has 1 atom stereocenters. The third-order valence-corrected chi connectivity index (χ3v) is 6.43. The van der Waals surface area contributed by atoms with Gasteiger partial charge in [-0.25, -0.2) is 9.37 Å². The van der Waals surface area contributed by atoms with Gasteiger partial charge in [0, 0.05) is 32.4 Å². The molecule has 0 unspecified atom stereocenters. The Morgan fingerprint density at radius 2 is 1.94 bits per heavy atom. The minimum Gasteiger partial charge on any atom is -0.378 e. The average Bonchev–Trinajstić information content (AvgIpc) is 3.41. The van der Waals surface area contributed by atoms with Crippen molar-refractivity contribution in [1.29, 1.82) is 0 Å². The molecule has 2 fully saturated rings. The van der Waals surface area contributed by atoms with Crippen molar-refractivity contribution >= 4 is 11.6 Å². The highest BCUT2D eigenvalue weighted by Gasteiger charge is 2.29. The van der Waals surface area contributed by atoms with Crippen LogP contribution in [0.1, 0.15) is 39.6 Å². The van der Waals surface area contributed by atoms with Gasteiger partial charge in [-0.05, 0) is 55.1 Å². The summed E-state index contributed by atoms with van der Waals surface area (Å²) in [5.41, 5.74) is 4.54. The molecule has 0 aliphatic carbocycles. The van der Waals surface area contributed by atoms with Crippen molar-refractivity contribution in [3.8, 4) is 0 Å². The summed E-state index contributed by atoms with van der Waals surface area (Å²) in [4.78, 5) is 22.3. The molecule has 0 saturated carbocycles. The quantitative estimate of drug-likeness (QED) is 0.648. The number of carbonyl (C=O) groups is 1. The molecule has 2 aliphatic rings. The van der Waals surface area contributed by atoms with Crippen LogP contribution in [0.25, 0.3) is 5.65 Å². The summed E-state index contributed by atoms with van der Waals surface area (Å²) in [6.45, 7) is 6.84. The maximum atomic E-state index is 13.3. The molecule has 0 radical (unpaired) electrons. The molecule has 2 aliphatic heterocycles. The van der Waals surface area contributed by atoms with Crippen LogP contribution in [0.2, 0.25) is 0 Å². The summed E-state index contributed by atoms with van der Waals surface area (Å²) in [5, 5.41) is 0. The lowest BCUT2D eigenvalue weighted by molar-refractivity contribution is 0.0298. The average molecular weight is 423 g/mol. The van der Waals surface area contributed by atoms with E-state index in [-0.39, 0.29) is 11.7 Å². The summed E-state index contributed by atoms with van der Waals surface area (Å²) in [7, 11) is 0. The fourth-order valence-corrected chi connectivity index (χ4v) is 4.69. The van der Waals surface area contributed by atoms with Gasteiger partial charge in [0.2, 0.25) is 0 Å². The van der Waals surface area contributed by atoms with E-state index in [1.807, 2.05) is 42.3 Å². The van der Waals surface area contributed by atoms with Crippen molar-refractivity contribution in [3.63, 3.8) is 0 Å². The lowest BCUT2D eigenvalue weighted by Gasteiger charge is -2.26. The van der Waals surface area contributed by atoms with Crippen LogP contribution in [0, 0.1) is 12.7 Å². The highest BCUT2D eigenvalue weighted by atomic mass is 19.1. The smallest absolute Gasteiger partial charge is 0.274 e. The first kappa shape index (κ1) is 20.2. The molecule has 0 bridgehead atoms. The van der Waals surface area contributed by atoms with Crippen LogP contribution in [0.15, 0.2) is 42.6 Å². The maximum Gasteiger partial charge on any atom is 0.274 e. The number of fused-ring (bicyclic) bond motifs is 1. The summed E-state index contributed by atoms with van der Waals surface area (Å²) in [6, 6.07) is 10.9. The highest BCUT2D eigenvalue weighted by Crippen LogP contribution is 2.29. The summed E-state index contributed by atoms with van der Waals surface area (Å²) in [5.74, 6) is 0.154. The van der Waals surface area contributed by atoms with E-state index >= 15 is 0 Å². The first-order valence-corrected chi connectivity index (χ1v) is 10.9. The fraction of sp³-hybridized carbons (Fsp3) is 0.417. The molecule has 162 valence electrons. The number of morpholine rings is 1. The Morgan fingerprint density at radius 1 is 1.16 bits per heavy atom. The number of nitrogens with zero attached hydrogens (tertiary/aromatic N) is 4. The number of imidazole rings is 1. The molecule has 4 heterocycles. The number of rotatable bonds is 4. The van der Waals surface area contributed by atoms with Gasteiger partial charge in [-0.3, -0.25) is 9.69 Å². The van der Waals surface area contributed by atoms with Crippen LogP contribution in [0.4, 0.5) is 4.39 Å². The van der Waals surface area contributed by atoms with E-state index in [0.29, 0.717) is 44.5 Å². The highest BCUT2D eigenvalue weighted by molar-refractivity contribution is 5.94. The van der Waals surface area contributed by atoms with E-state index < -0.39 is 0 Å². The third kappa shape index (κ3) is 3.95. The SMILES string of the molecule is Cc1cccn2c(CN3CC[C@H](c4ccc(F)cc4)C3)c(C(=O)N3CCOCC3)nc12. The molecule has 2 aromatic heterocycles. The first-order valence-electron chi connectivity index (χ1n) is 10.9. The van der Waals surface area contributed by atoms with Crippen molar-refractivity contribution in [3.05, 3.63) is 70.9 Å². The molecule has 1 amide bonds. The molecule has 5 rings (SSSR count). The molecule has 0 N–H and O–H groups in total.